The molecule has 2 unspecified atom stereocenters. The van der Waals surface area contributed by atoms with Crippen molar-refractivity contribution < 1.29 is 19.1 Å². The molecule has 30 heavy (non-hydrogen) atoms. The molecule has 2 aromatic rings. The van der Waals surface area contributed by atoms with Crippen LogP contribution in [0.1, 0.15) is 64.2 Å². The number of aromatic hydroxyl groups is 1. The van der Waals surface area contributed by atoms with E-state index >= 15 is 0 Å². The van der Waals surface area contributed by atoms with Crippen molar-refractivity contribution >= 4 is 11.8 Å². The first-order chi connectivity index (χ1) is 14.3. The lowest BCUT2D eigenvalue weighted by Gasteiger charge is -2.37. The lowest BCUT2D eigenvalue weighted by molar-refractivity contribution is 0.0604. The van der Waals surface area contributed by atoms with Crippen LogP contribution in [0.2, 0.25) is 0 Å². The van der Waals surface area contributed by atoms with E-state index in [1.165, 1.54) is 12.3 Å². The fourth-order valence-electron chi connectivity index (χ4n) is 4.30. The van der Waals surface area contributed by atoms with Crippen LogP contribution in [0.3, 0.4) is 0 Å². The molecule has 1 fully saturated rings. The zero-order chi connectivity index (χ0) is 21.6. The van der Waals surface area contributed by atoms with Crippen LogP contribution < -0.4 is 10.7 Å². The second kappa shape index (κ2) is 7.59. The van der Waals surface area contributed by atoms with E-state index in [2.05, 4.69) is 5.32 Å². The number of amides is 2. The Balaban J connectivity index is 1.66. The van der Waals surface area contributed by atoms with Crippen molar-refractivity contribution in [2.24, 2.45) is 0 Å². The van der Waals surface area contributed by atoms with Crippen molar-refractivity contribution in [3.63, 3.8) is 0 Å². The molecule has 1 saturated heterocycles. The zero-order valence-electron chi connectivity index (χ0n) is 16.9. The fraction of sp³-hybridized carbons (Fsp3) is 0.409. The van der Waals surface area contributed by atoms with Gasteiger partial charge in [-0.05, 0) is 44.7 Å². The number of halogens is 1. The maximum absolute atomic E-state index is 14.0. The number of benzene rings is 1. The number of nitrogens with zero attached hydrogens (tertiary/aromatic N) is 2. The maximum atomic E-state index is 14.0. The smallest absolute Gasteiger partial charge is 0.274 e. The molecule has 2 N–H and O–H groups in total. The van der Waals surface area contributed by atoms with Crippen LogP contribution >= 0.6 is 0 Å². The molecule has 1 aromatic heterocycles. The topological polar surface area (TPSA) is 91.6 Å². The summed E-state index contributed by atoms with van der Waals surface area (Å²) in [6, 6.07) is 4.58. The Kier molecular flexibility index (Phi) is 5.09. The summed E-state index contributed by atoms with van der Waals surface area (Å²) >= 11 is 0. The normalized spacial score (nSPS) is 20.5. The number of hydrogen-bond acceptors (Lipinski definition) is 4. The maximum Gasteiger partial charge on any atom is 0.274 e. The van der Waals surface area contributed by atoms with E-state index in [-0.39, 0.29) is 29.9 Å². The number of hydrogen-bond donors (Lipinski definition) is 2. The van der Waals surface area contributed by atoms with Gasteiger partial charge in [0.05, 0.1) is 6.04 Å². The second-order valence-electron chi connectivity index (χ2n) is 8.15. The van der Waals surface area contributed by atoms with E-state index in [1.54, 1.807) is 28.5 Å². The molecule has 7 nitrogen and oxygen atoms in total. The van der Waals surface area contributed by atoms with Gasteiger partial charge in [-0.15, -0.1) is 0 Å². The molecule has 2 aliphatic rings. The minimum atomic E-state index is -0.899. The molecule has 8 heteroatoms. The van der Waals surface area contributed by atoms with Gasteiger partial charge >= 0.3 is 0 Å². The second-order valence-corrected chi connectivity index (χ2v) is 8.15. The lowest BCUT2D eigenvalue weighted by Crippen LogP contribution is -2.47. The van der Waals surface area contributed by atoms with Crippen LogP contribution in [0.15, 0.2) is 29.2 Å². The van der Waals surface area contributed by atoms with Crippen molar-refractivity contribution in [3.05, 3.63) is 62.8 Å². The number of nitrogens with one attached hydrogen (secondary N) is 1. The monoisotopic (exact) mass is 413 g/mol. The molecule has 4 rings (SSSR count). The van der Waals surface area contributed by atoms with Gasteiger partial charge < -0.3 is 19.9 Å². The van der Waals surface area contributed by atoms with Crippen molar-refractivity contribution in [2.45, 2.75) is 51.7 Å². The van der Waals surface area contributed by atoms with Crippen LogP contribution in [0.5, 0.6) is 5.75 Å². The summed E-state index contributed by atoms with van der Waals surface area (Å²) in [7, 11) is 0. The van der Waals surface area contributed by atoms with Crippen LogP contribution in [0.25, 0.3) is 0 Å². The van der Waals surface area contributed by atoms with Gasteiger partial charge in [-0.3, -0.25) is 14.4 Å². The van der Waals surface area contributed by atoms with E-state index in [0.29, 0.717) is 12.1 Å². The van der Waals surface area contributed by atoms with Gasteiger partial charge in [0.1, 0.15) is 11.4 Å². The third-order valence-corrected chi connectivity index (χ3v) is 6.06. The summed E-state index contributed by atoms with van der Waals surface area (Å²) in [5.74, 6) is -2.28. The molecule has 158 valence electrons. The van der Waals surface area contributed by atoms with Crippen LogP contribution in [0.4, 0.5) is 4.39 Å². The minimum absolute atomic E-state index is 0.0260. The molecular weight excluding hydrogens is 389 g/mol. The first-order valence-corrected chi connectivity index (χ1v) is 10.1. The van der Waals surface area contributed by atoms with E-state index < -0.39 is 28.8 Å². The van der Waals surface area contributed by atoms with Gasteiger partial charge in [0.25, 0.3) is 11.8 Å². The largest absolute Gasteiger partial charge is 0.503 e. The van der Waals surface area contributed by atoms with Gasteiger partial charge in [-0.1, -0.05) is 12.1 Å². The molecule has 0 radical (unpaired) electrons. The van der Waals surface area contributed by atoms with Crippen molar-refractivity contribution in [3.8, 4) is 5.75 Å². The molecule has 2 aliphatic heterocycles. The number of carbonyl (C=O) groups excluding carboxylic acids is 2. The highest BCUT2D eigenvalue weighted by molar-refractivity contribution is 5.99. The number of fused-ring (bicyclic) bond motifs is 4. The third kappa shape index (κ3) is 3.36. The average molecular weight is 413 g/mol. The van der Waals surface area contributed by atoms with E-state index in [1.807, 2.05) is 6.92 Å². The summed E-state index contributed by atoms with van der Waals surface area (Å²) in [6.45, 7) is 4.10. The molecule has 1 aromatic carbocycles. The molecule has 3 heterocycles. The molecule has 0 saturated carbocycles. The fourth-order valence-corrected chi connectivity index (χ4v) is 4.30. The standard InChI is InChI=1S/C22H24FN3O4/c1-12-6-7-14(17(23)8-12)9-24-21(29)16-11-26-15-5-3-4-13(2)25(10-15)22(30)18(26)20(28)19(16)27/h6-8,11,13,15,28H,3-5,9-10H2,1-2H3,(H,24,29). The van der Waals surface area contributed by atoms with Gasteiger partial charge in [0.15, 0.2) is 11.4 Å². The van der Waals surface area contributed by atoms with Crippen molar-refractivity contribution in [1.29, 1.82) is 0 Å². The van der Waals surface area contributed by atoms with Crippen molar-refractivity contribution in [1.82, 2.24) is 14.8 Å². The molecule has 2 bridgehead atoms. The Labute approximate surface area is 173 Å². The van der Waals surface area contributed by atoms with Gasteiger partial charge in [0, 0.05) is 30.9 Å². The first-order valence-electron chi connectivity index (χ1n) is 10.1. The Hall–Kier alpha value is -3.16. The summed E-state index contributed by atoms with van der Waals surface area (Å²) in [5.41, 5.74) is -0.172. The molecular formula is C22H24FN3O4. The summed E-state index contributed by atoms with van der Waals surface area (Å²) in [6.07, 6.45) is 3.88. The average Bonchev–Trinajstić information content (AvgIpc) is 2.87. The number of carbonyl (C=O) groups is 2. The third-order valence-electron chi connectivity index (χ3n) is 6.06. The number of aryl methyl sites for hydroxylation is 1. The summed E-state index contributed by atoms with van der Waals surface area (Å²) < 4.78 is 15.6. The number of aromatic nitrogens is 1. The predicted octanol–water partition coefficient (Wildman–Crippen LogP) is 2.50. The van der Waals surface area contributed by atoms with E-state index in [0.717, 1.165) is 24.8 Å². The number of rotatable bonds is 3. The Morgan fingerprint density at radius 3 is 2.80 bits per heavy atom. The van der Waals surface area contributed by atoms with Crippen LogP contribution in [-0.4, -0.2) is 39.0 Å². The van der Waals surface area contributed by atoms with Gasteiger partial charge in [-0.2, -0.15) is 0 Å². The molecule has 2 atom stereocenters. The lowest BCUT2D eigenvalue weighted by atomic mass is 10.1. The molecule has 2 amide bonds. The van der Waals surface area contributed by atoms with E-state index in [9.17, 15) is 23.9 Å². The quantitative estimate of drug-likeness (QED) is 0.809. The van der Waals surface area contributed by atoms with Crippen LogP contribution in [0, 0.1) is 12.7 Å². The highest BCUT2D eigenvalue weighted by Gasteiger charge is 2.38. The number of pyridine rings is 1. The Morgan fingerprint density at radius 2 is 2.07 bits per heavy atom. The highest BCUT2D eigenvalue weighted by atomic mass is 19.1. The van der Waals surface area contributed by atoms with Crippen LogP contribution in [-0.2, 0) is 6.54 Å². The summed E-state index contributed by atoms with van der Waals surface area (Å²) in [4.78, 5) is 39.9. The molecule has 0 spiro atoms. The zero-order valence-corrected chi connectivity index (χ0v) is 16.9. The van der Waals surface area contributed by atoms with Crippen molar-refractivity contribution in [2.75, 3.05) is 6.54 Å². The van der Waals surface area contributed by atoms with E-state index in [4.69, 9.17) is 0 Å². The SMILES string of the molecule is Cc1ccc(CNC(=O)c2cn3c(c(O)c2=O)C(=O)N2CC3CCCC2C)c(F)c1. The highest BCUT2D eigenvalue weighted by Crippen LogP contribution is 2.34. The Morgan fingerprint density at radius 1 is 1.30 bits per heavy atom. The van der Waals surface area contributed by atoms with Gasteiger partial charge in [-0.25, -0.2) is 4.39 Å². The molecule has 0 aliphatic carbocycles. The van der Waals surface area contributed by atoms with Gasteiger partial charge in [0.2, 0.25) is 5.43 Å². The Bertz CT molecular complexity index is 1090. The minimum Gasteiger partial charge on any atom is -0.503 e. The summed E-state index contributed by atoms with van der Waals surface area (Å²) in [5, 5.41) is 13.1. The first kappa shape index (κ1) is 20.1. The predicted molar refractivity (Wildman–Crippen MR) is 108 cm³/mol.